The molecule has 0 atom stereocenters. The quantitative estimate of drug-likeness (QED) is 0.552. The van der Waals surface area contributed by atoms with E-state index in [1.165, 1.54) is 6.20 Å². The molecule has 1 aromatic carbocycles. The Bertz CT molecular complexity index is 1040. The largest absolute Gasteiger partial charge is 0.436 e. The van der Waals surface area contributed by atoms with Gasteiger partial charge in [0.2, 0.25) is 5.89 Å². The number of halogens is 1. The van der Waals surface area contributed by atoms with Crippen molar-refractivity contribution in [2.24, 2.45) is 0 Å². The van der Waals surface area contributed by atoms with E-state index in [2.05, 4.69) is 36.2 Å². The van der Waals surface area contributed by atoms with E-state index in [4.69, 9.17) is 4.42 Å². The molecule has 0 saturated heterocycles. The number of carbonyl (C=O) groups is 1. The van der Waals surface area contributed by atoms with Crippen LogP contribution < -0.4 is 5.32 Å². The molecule has 3 aromatic heterocycles. The van der Waals surface area contributed by atoms with Gasteiger partial charge in [-0.3, -0.25) is 14.8 Å². The molecule has 4 rings (SSSR count). The zero-order valence-electron chi connectivity index (χ0n) is 13.5. The Morgan fingerprint density at radius 2 is 1.92 bits per heavy atom. The predicted octanol–water partition coefficient (Wildman–Crippen LogP) is 3.98. The van der Waals surface area contributed by atoms with E-state index >= 15 is 0 Å². The third kappa shape index (κ3) is 3.48. The van der Waals surface area contributed by atoms with Gasteiger partial charge in [-0.05, 0) is 39.7 Å². The van der Waals surface area contributed by atoms with Gasteiger partial charge in [-0.15, -0.1) is 0 Å². The van der Waals surface area contributed by atoms with Crippen LogP contribution in [-0.2, 0) is 6.54 Å². The van der Waals surface area contributed by atoms with Gasteiger partial charge in [0.15, 0.2) is 5.58 Å². The Hall–Kier alpha value is -3.06. The van der Waals surface area contributed by atoms with Crippen LogP contribution in [0.3, 0.4) is 0 Å². The van der Waals surface area contributed by atoms with Crippen molar-refractivity contribution in [3.63, 3.8) is 0 Å². The highest BCUT2D eigenvalue weighted by Crippen LogP contribution is 2.23. The van der Waals surface area contributed by atoms with Gasteiger partial charge in [0.1, 0.15) is 5.52 Å². The highest BCUT2D eigenvalue weighted by Gasteiger charge is 2.09. The number of rotatable bonds is 4. The summed E-state index contributed by atoms with van der Waals surface area (Å²) in [6, 6.07) is 11.2. The van der Waals surface area contributed by atoms with Gasteiger partial charge in [-0.1, -0.05) is 12.1 Å². The normalized spacial score (nSPS) is 10.8. The molecule has 1 N–H and O–H groups in total. The number of benzene rings is 1. The van der Waals surface area contributed by atoms with E-state index < -0.39 is 0 Å². The molecule has 6 nitrogen and oxygen atoms in total. The van der Waals surface area contributed by atoms with Gasteiger partial charge < -0.3 is 9.73 Å². The summed E-state index contributed by atoms with van der Waals surface area (Å²) < 4.78 is 6.50. The molecule has 0 radical (unpaired) electrons. The topological polar surface area (TPSA) is 80.9 Å². The number of carbonyl (C=O) groups excluding carboxylic acids is 1. The summed E-state index contributed by atoms with van der Waals surface area (Å²) in [5.74, 6) is 0.373. The van der Waals surface area contributed by atoms with Crippen molar-refractivity contribution in [3.05, 3.63) is 76.8 Å². The molecule has 0 aliphatic rings. The first-order valence-electron chi connectivity index (χ1n) is 7.88. The Kier molecular flexibility index (Phi) is 4.45. The number of pyridine rings is 2. The summed E-state index contributed by atoms with van der Waals surface area (Å²) in [6.45, 7) is 0.420. The van der Waals surface area contributed by atoms with Crippen molar-refractivity contribution >= 4 is 32.9 Å². The second-order valence-electron chi connectivity index (χ2n) is 5.63. The number of hydrogen-bond donors (Lipinski definition) is 1. The molecule has 3 heterocycles. The van der Waals surface area contributed by atoms with E-state index in [-0.39, 0.29) is 5.91 Å². The number of nitrogens with zero attached hydrogens (tertiary/aromatic N) is 3. The average Bonchev–Trinajstić information content (AvgIpc) is 3.11. The Labute approximate surface area is 157 Å². The maximum Gasteiger partial charge on any atom is 0.253 e. The first-order chi connectivity index (χ1) is 12.7. The van der Waals surface area contributed by atoms with Crippen LogP contribution in [0.25, 0.3) is 22.6 Å². The lowest BCUT2D eigenvalue weighted by Gasteiger charge is -2.06. The van der Waals surface area contributed by atoms with Gasteiger partial charge in [0, 0.05) is 41.2 Å². The SMILES string of the molecule is O=C(NCc1ccc(-c2nc3cnccc3o2)cc1)c1cncc(Br)c1. The van der Waals surface area contributed by atoms with Gasteiger partial charge in [0.05, 0.1) is 11.8 Å². The van der Waals surface area contributed by atoms with E-state index in [0.717, 1.165) is 21.1 Å². The number of oxazole rings is 1. The van der Waals surface area contributed by atoms with Crippen molar-refractivity contribution < 1.29 is 9.21 Å². The molecular weight excluding hydrogens is 396 g/mol. The van der Waals surface area contributed by atoms with E-state index in [1.807, 2.05) is 24.3 Å². The molecule has 0 aliphatic carbocycles. The fourth-order valence-electron chi connectivity index (χ4n) is 2.49. The van der Waals surface area contributed by atoms with Crippen molar-refractivity contribution in [2.45, 2.75) is 6.54 Å². The predicted molar refractivity (Wildman–Crippen MR) is 100 cm³/mol. The zero-order chi connectivity index (χ0) is 17.9. The molecule has 1 amide bonds. The average molecular weight is 409 g/mol. The first-order valence-corrected chi connectivity index (χ1v) is 8.67. The highest BCUT2D eigenvalue weighted by atomic mass is 79.9. The summed E-state index contributed by atoms with van der Waals surface area (Å²) in [5.41, 5.74) is 3.78. The van der Waals surface area contributed by atoms with E-state index in [9.17, 15) is 4.79 Å². The molecule has 7 heteroatoms. The van der Waals surface area contributed by atoms with Gasteiger partial charge in [-0.2, -0.15) is 0 Å². The standard InChI is InChI=1S/C19H13BrN4O2/c20-15-7-14(9-22-10-15)18(25)23-8-12-1-3-13(4-2-12)19-24-16-11-21-6-5-17(16)26-19/h1-7,9-11H,8H2,(H,23,25). The fourth-order valence-corrected chi connectivity index (χ4v) is 2.85. The van der Waals surface area contributed by atoms with Crippen LogP contribution in [0.15, 0.2) is 70.1 Å². The molecule has 128 valence electrons. The van der Waals surface area contributed by atoms with Crippen LogP contribution in [0.5, 0.6) is 0 Å². The van der Waals surface area contributed by atoms with Crippen LogP contribution in [0.4, 0.5) is 0 Å². The maximum absolute atomic E-state index is 12.2. The fraction of sp³-hybridized carbons (Fsp3) is 0.0526. The van der Waals surface area contributed by atoms with Crippen molar-refractivity contribution in [1.29, 1.82) is 0 Å². The third-order valence-corrected chi connectivity index (χ3v) is 4.24. The lowest BCUT2D eigenvalue weighted by molar-refractivity contribution is 0.0950. The summed E-state index contributed by atoms with van der Waals surface area (Å²) >= 11 is 3.31. The summed E-state index contributed by atoms with van der Waals surface area (Å²) in [7, 11) is 0. The Morgan fingerprint density at radius 3 is 2.69 bits per heavy atom. The smallest absolute Gasteiger partial charge is 0.253 e. The number of nitrogens with one attached hydrogen (secondary N) is 1. The third-order valence-electron chi connectivity index (χ3n) is 3.81. The monoisotopic (exact) mass is 408 g/mol. The molecule has 4 aromatic rings. The van der Waals surface area contributed by atoms with Crippen molar-refractivity contribution in [3.8, 4) is 11.5 Å². The molecule has 0 bridgehead atoms. The van der Waals surface area contributed by atoms with E-state index in [1.54, 1.807) is 30.7 Å². The summed E-state index contributed by atoms with van der Waals surface area (Å²) in [6.07, 6.45) is 6.51. The minimum atomic E-state index is -0.172. The lowest BCUT2D eigenvalue weighted by Crippen LogP contribution is -2.22. The van der Waals surface area contributed by atoms with Crippen LogP contribution in [0, 0.1) is 0 Å². The lowest BCUT2D eigenvalue weighted by atomic mass is 10.1. The Morgan fingerprint density at radius 1 is 1.08 bits per heavy atom. The number of hydrogen-bond acceptors (Lipinski definition) is 5. The van der Waals surface area contributed by atoms with E-state index in [0.29, 0.717) is 23.6 Å². The molecule has 0 saturated carbocycles. The zero-order valence-corrected chi connectivity index (χ0v) is 15.1. The first kappa shape index (κ1) is 16.4. The Balaban J connectivity index is 1.45. The van der Waals surface area contributed by atoms with Crippen LogP contribution in [0.2, 0.25) is 0 Å². The maximum atomic E-state index is 12.2. The van der Waals surface area contributed by atoms with Crippen molar-refractivity contribution in [1.82, 2.24) is 20.3 Å². The van der Waals surface area contributed by atoms with Crippen LogP contribution in [-0.4, -0.2) is 20.9 Å². The van der Waals surface area contributed by atoms with Gasteiger partial charge in [-0.25, -0.2) is 4.98 Å². The molecule has 0 fully saturated rings. The second kappa shape index (κ2) is 7.05. The molecule has 0 aliphatic heterocycles. The number of amides is 1. The highest BCUT2D eigenvalue weighted by molar-refractivity contribution is 9.10. The number of aromatic nitrogens is 3. The van der Waals surface area contributed by atoms with Crippen LogP contribution in [0.1, 0.15) is 15.9 Å². The molecule has 0 unspecified atom stereocenters. The molecular formula is C19H13BrN4O2. The van der Waals surface area contributed by atoms with Gasteiger partial charge in [0.25, 0.3) is 5.91 Å². The van der Waals surface area contributed by atoms with Crippen LogP contribution >= 0.6 is 15.9 Å². The second-order valence-corrected chi connectivity index (χ2v) is 6.55. The number of fused-ring (bicyclic) bond motifs is 1. The summed E-state index contributed by atoms with van der Waals surface area (Å²) in [5, 5.41) is 2.88. The van der Waals surface area contributed by atoms with Gasteiger partial charge >= 0.3 is 0 Å². The van der Waals surface area contributed by atoms with Crippen molar-refractivity contribution in [2.75, 3.05) is 0 Å². The molecule has 26 heavy (non-hydrogen) atoms. The summed E-state index contributed by atoms with van der Waals surface area (Å²) in [4.78, 5) is 24.6. The molecule has 0 spiro atoms. The minimum Gasteiger partial charge on any atom is -0.436 e. The minimum absolute atomic E-state index is 0.172.